The second-order valence-electron chi connectivity index (χ2n) is 7.40. The van der Waals surface area contributed by atoms with E-state index in [4.69, 9.17) is 27.8 Å². The lowest BCUT2D eigenvalue weighted by molar-refractivity contribution is -0.126. The fraction of sp³-hybridized carbons (Fsp3) is 0.217. The number of ether oxygens (including phenoxy) is 1. The highest BCUT2D eigenvalue weighted by molar-refractivity contribution is 7.09. The highest BCUT2D eigenvalue weighted by atomic mass is 35.5. The Hall–Kier alpha value is -3.54. The van der Waals surface area contributed by atoms with Gasteiger partial charge in [0.2, 0.25) is 5.91 Å². The molecule has 12 heteroatoms. The number of methoxy groups -OCH3 is 1. The minimum Gasteiger partial charge on any atom is -0.395 e. The minimum absolute atomic E-state index is 0.0670. The molecule has 3 rings (SSSR count). The van der Waals surface area contributed by atoms with E-state index in [9.17, 15) is 18.8 Å². The predicted octanol–water partition coefficient (Wildman–Crippen LogP) is 2.76. The molecule has 0 bridgehead atoms. The fourth-order valence-electron chi connectivity index (χ4n) is 3.34. The quantitative estimate of drug-likeness (QED) is 0.352. The molecule has 1 heterocycles. The zero-order chi connectivity index (χ0) is 25.5. The van der Waals surface area contributed by atoms with Gasteiger partial charge in [-0.2, -0.15) is 4.37 Å². The maximum Gasteiger partial charge on any atom is 0.270 e. The zero-order valence-electron chi connectivity index (χ0n) is 18.7. The number of benzene rings is 2. The molecule has 3 amide bonds. The van der Waals surface area contributed by atoms with Crippen molar-refractivity contribution < 1.29 is 23.5 Å². The number of carbonyl (C=O) groups excluding carboxylic acids is 3. The summed E-state index contributed by atoms with van der Waals surface area (Å²) in [5, 5.41) is 3.09. The van der Waals surface area contributed by atoms with E-state index in [1.807, 2.05) is 0 Å². The van der Waals surface area contributed by atoms with Crippen molar-refractivity contribution in [3.63, 3.8) is 0 Å². The van der Waals surface area contributed by atoms with E-state index in [0.29, 0.717) is 27.7 Å². The van der Waals surface area contributed by atoms with Crippen LogP contribution in [-0.2, 0) is 16.1 Å². The average molecular weight is 520 g/mol. The van der Waals surface area contributed by atoms with Gasteiger partial charge in [0.25, 0.3) is 11.8 Å². The highest BCUT2D eigenvalue weighted by Gasteiger charge is 2.35. The Morgan fingerprint density at radius 3 is 2.49 bits per heavy atom. The molecule has 0 saturated carbocycles. The third-order valence-electron chi connectivity index (χ3n) is 5.07. The van der Waals surface area contributed by atoms with Gasteiger partial charge in [0.15, 0.2) is 5.69 Å². The van der Waals surface area contributed by atoms with Crippen LogP contribution < -0.4 is 16.8 Å². The van der Waals surface area contributed by atoms with Crippen LogP contribution in [0.5, 0.6) is 0 Å². The van der Waals surface area contributed by atoms with E-state index in [-0.39, 0.29) is 36.0 Å². The van der Waals surface area contributed by atoms with Gasteiger partial charge in [-0.3, -0.25) is 14.4 Å². The molecule has 3 aromatic rings. The lowest BCUT2D eigenvalue weighted by Gasteiger charge is -2.31. The van der Waals surface area contributed by atoms with E-state index in [0.717, 1.165) is 0 Å². The number of halogens is 2. The van der Waals surface area contributed by atoms with Crippen molar-refractivity contribution in [3.05, 3.63) is 81.1 Å². The van der Waals surface area contributed by atoms with Crippen LogP contribution in [0.2, 0.25) is 5.02 Å². The van der Waals surface area contributed by atoms with Gasteiger partial charge in [0.1, 0.15) is 16.7 Å². The van der Waals surface area contributed by atoms with Gasteiger partial charge in [0.05, 0.1) is 12.3 Å². The summed E-state index contributed by atoms with van der Waals surface area (Å²) in [4.78, 5) is 39.9. The van der Waals surface area contributed by atoms with Gasteiger partial charge in [0, 0.05) is 25.2 Å². The lowest BCUT2D eigenvalue weighted by Crippen LogP contribution is -2.44. The number of anilines is 1. The summed E-state index contributed by atoms with van der Waals surface area (Å²) in [6.07, 6.45) is 0. The summed E-state index contributed by atoms with van der Waals surface area (Å²) in [5.74, 6) is -2.60. The van der Waals surface area contributed by atoms with Crippen LogP contribution in [0.3, 0.4) is 0 Å². The van der Waals surface area contributed by atoms with Crippen molar-refractivity contribution in [2.75, 3.05) is 26.0 Å². The van der Waals surface area contributed by atoms with Gasteiger partial charge in [-0.05, 0) is 40.9 Å². The molecule has 0 aliphatic carbocycles. The number of carbonyl (C=O) groups is 3. The molecule has 0 unspecified atom stereocenters. The first-order chi connectivity index (χ1) is 16.7. The van der Waals surface area contributed by atoms with Gasteiger partial charge >= 0.3 is 0 Å². The summed E-state index contributed by atoms with van der Waals surface area (Å²) in [6, 6.07) is 10.8. The topological polar surface area (TPSA) is 141 Å². The van der Waals surface area contributed by atoms with Gasteiger partial charge < -0.3 is 26.4 Å². The number of nitrogen functional groups attached to an aromatic ring is 1. The molecule has 5 N–H and O–H groups in total. The second kappa shape index (κ2) is 11.7. The highest BCUT2D eigenvalue weighted by Crippen LogP contribution is 2.31. The molecule has 0 spiro atoms. The van der Waals surface area contributed by atoms with E-state index < -0.39 is 29.6 Å². The molecule has 2 aromatic carbocycles. The van der Waals surface area contributed by atoms with Crippen LogP contribution >= 0.6 is 23.1 Å². The number of hydrogen-bond donors (Lipinski definition) is 3. The third kappa shape index (κ3) is 6.13. The Morgan fingerprint density at radius 2 is 1.89 bits per heavy atom. The first-order valence-corrected chi connectivity index (χ1v) is 11.5. The standard InChI is InChI=1S/C23H23ClFN5O4S/c1-34-11-10-28-22(32)19(13-6-8-15(25)9-7-13)30(12-14-4-2-3-5-16(14)24)23(33)20-17(26)18(21(27)31)29-35-20/h2-9,19H,10-12,26H2,1H3,(H2,27,31)(H,28,32)/t19-/m1/s1. The summed E-state index contributed by atoms with van der Waals surface area (Å²) < 4.78 is 22.6. The zero-order valence-corrected chi connectivity index (χ0v) is 20.2. The van der Waals surface area contributed by atoms with Gasteiger partial charge in [-0.25, -0.2) is 4.39 Å². The van der Waals surface area contributed by atoms with E-state index >= 15 is 0 Å². The van der Waals surface area contributed by atoms with Crippen LogP contribution in [0.15, 0.2) is 48.5 Å². The molecule has 0 fully saturated rings. The lowest BCUT2D eigenvalue weighted by atomic mass is 10.0. The van der Waals surface area contributed by atoms with Crippen molar-refractivity contribution in [2.24, 2.45) is 5.73 Å². The molecule has 1 aromatic heterocycles. The molecular formula is C23H23ClFN5O4S. The van der Waals surface area contributed by atoms with Crippen molar-refractivity contribution in [1.29, 1.82) is 0 Å². The Balaban J connectivity index is 2.12. The van der Waals surface area contributed by atoms with Crippen LogP contribution in [0.25, 0.3) is 0 Å². The second-order valence-corrected chi connectivity index (χ2v) is 8.58. The first-order valence-electron chi connectivity index (χ1n) is 10.4. The summed E-state index contributed by atoms with van der Waals surface area (Å²) >= 11 is 7.04. The molecule has 0 aliphatic heterocycles. The number of hydrogen-bond acceptors (Lipinski definition) is 7. The molecule has 9 nitrogen and oxygen atoms in total. The fourth-order valence-corrected chi connectivity index (χ4v) is 4.30. The maximum absolute atomic E-state index is 13.8. The third-order valence-corrected chi connectivity index (χ3v) is 6.29. The first kappa shape index (κ1) is 26.1. The van der Waals surface area contributed by atoms with Crippen molar-refractivity contribution >= 4 is 46.5 Å². The number of nitrogens with two attached hydrogens (primary N) is 2. The predicted molar refractivity (Wildman–Crippen MR) is 130 cm³/mol. The van der Waals surface area contributed by atoms with Crippen molar-refractivity contribution in [3.8, 4) is 0 Å². The number of rotatable bonds is 10. The summed E-state index contributed by atoms with van der Waals surface area (Å²) in [7, 11) is 1.49. The van der Waals surface area contributed by atoms with E-state index in [2.05, 4.69) is 9.69 Å². The van der Waals surface area contributed by atoms with Crippen LogP contribution in [0, 0.1) is 5.82 Å². The Kier molecular flexibility index (Phi) is 8.74. The van der Waals surface area contributed by atoms with Crippen LogP contribution in [-0.4, -0.2) is 47.3 Å². The molecule has 35 heavy (non-hydrogen) atoms. The molecule has 184 valence electrons. The van der Waals surface area contributed by atoms with E-state index in [1.165, 1.54) is 36.3 Å². The largest absolute Gasteiger partial charge is 0.395 e. The Labute approximate surface area is 210 Å². The smallest absolute Gasteiger partial charge is 0.270 e. The monoisotopic (exact) mass is 519 g/mol. The molecular weight excluding hydrogens is 497 g/mol. The molecule has 0 saturated heterocycles. The average Bonchev–Trinajstić information content (AvgIpc) is 3.22. The number of amides is 3. The maximum atomic E-state index is 13.8. The van der Waals surface area contributed by atoms with E-state index in [1.54, 1.807) is 24.3 Å². The van der Waals surface area contributed by atoms with Crippen molar-refractivity contribution in [1.82, 2.24) is 14.6 Å². The Morgan fingerprint density at radius 1 is 1.20 bits per heavy atom. The SMILES string of the molecule is COCCNC(=O)[C@@H](c1ccc(F)cc1)N(Cc1ccccc1Cl)C(=O)c1snc(C(N)=O)c1N. The number of nitrogens with zero attached hydrogens (tertiary/aromatic N) is 2. The molecule has 0 radical (unpaired) electrons. The number of nitrogens with one attached hydrogen (secondary N) is 1. The van der Waals surface area contributed by atoms with Crippen LogP contribution in [0.1, 0.15) is 37.3 Å². The van der Waals surface area contributed by atoms with Crippen molar-refractivity contribution in [2.45, 2.75) is 12.6 Å². The summed E-state index contributed by atoms with van der Waals surface area (Å²) in [6.45, 7) is 0.321. The van der Waals surface area contributed by atoms with Gasteiger partial charge in [-0.1, -0.05) is 41.9 Å². The minimum atomic E-state index is -1.20. The number of primary amides is 1. The normalized spacial score (nSPS) is 11.6. The van der Waals surface area contributed by atoms with Crippen LogP contribution in [0.4, 0.5) is 10.1 Å². The Bertz CT molecular complexity index is 1220. The number of aromatic nitrogens is 1. The molecule has 0 aliphatic rings. The summed E-state index contributed by atoms with van der Waals surface area (Å²) in [5.41, 5.74) is 11.8. The molecule has 1 atom stereocenters. The van der Waals surface area contributed by atoms with Gasteiger partial charge in [-0.15, -0.1) is 0 Å².